The number of pyridine rings is 1. The van der Waals surface area contributed by atoms with Crippen LogP contribution in [0.25, 0.3) is 0 Å². The summed E-state index contributed by atoms with van der Waals surface area (Å²) in [4.78, 5) is 18.3. The lowest BCUT2D eigenvalue weighted by atomic mass is 10.2. The van der Waals surface area contributed by atoms with Crippen molar-refractivity contribution >= 4 is 21.8 Å². The highest BCUT2D eigenvalue weighted by Gasteiger charge is 2.21. The normalized spacial score (nSPS) is 18.9. The molecule has 98 valence electrons. The van der Waals surface area contributed by atoms with Gasteiger partial charge in [0.15, 0.2) is 0 Å². The second kappa shape index (κ2) is 6.29. The molecule has 1 aromatic rings. The molecule has 1 N–H and O–H groups in total. The molecular weight excluding hydrogens is 294 g/mol. The van der Waals surface area contributed by atoms with Crippen LogP contribution in [0.15, 0.2) is 22.9 Å². The molecule has 0 saturated carbocycles. The molecule has 1 amide bonds. The summed E-state index contributed by atoms with van der Waals surface area (Å²) in [5.41, 5.74) is 0.643. The maximum Gasteiger partial charge on any atom is 0.255 e. The highest BCUT2D eigenvalue weighted by molar-refractivity contribution is 9.10. The Kier molecular flexibility index (Phi) is 4.72. The number of carbonyl (C=O) groups is 1. The van der Waals surface area contributed by atoms with Crippen LogP contribution < -0.4 is 5.32 Å². The van der Waals surface area contributed by atoms with Crippen molar-refractivity contribution in [3.8, 4) is 0 Å². The molecule has 2 rings (SSSR count). The van der Waals surface area contributed by atoms with E-state index in [0.717, 1.165) is 30.5 Å². The van der Waals surface area contributed by atoms with Crippen LogP contribution in [0.3, 0.4) is 0 Å². The standard InChI is InChI=1S/C13H18BrN3O/c1-2-17(9-12-4-3-5-16-12)13(18)10-6-11(14)8-15-7-10/h6-8,12,16H,2-5,9H2,1H3. The van der Waals surface area contributed by atoms with E-state index in [2.05, 4.69) is 26.2 Å². The largest absolute Gasteiger partial charge is 0.337 e. The Morgan fingerprint density at radius 1 is 1.61 bits per heavy atom. The molecule has 1 aliphatic rings. The van der Waals surface area contributed by atoms with Gasteiger partial charge in [-0.1, -0.05) is 0 Å². The summed E-state index contributed by atoms with van der Waals surface area (Å²) in [5, 5.41) is 3.42. The van der Waals surface area contributed by atoms with Crippen molar-refractivity contribution in [1.29, 1.82) is 0 Å². The van der Waals surface area contributed by atoms with Crippen LogP contribution in [0.1, 0.15) is 30.1 Å². The summed E-state index contributed by atoms with van der Waals surface area (Å²) in [5.74, 6) is 0.0556. The van der Waals surface area contributed by atoms with E-state index >= 15 is 0 Å². The molecule has 18 heavy (non-hydrogen) atoms. The van der Waals surface area contributed by atoms with Crippen LogP contribution in [-0.4, -0.2) is 41.5 Å². The van der Waals surface area contributed by atoms with Crippen molar-refractivity contribution in [2.24, 2.45) is 0 Å². The summed E-state index contributed by atoms with van der Waals surface area (Å²) in [6.07, 6.45) is 5.67. The molecule has 2 heterocycles. The minimum absolute atomic E-state index is 0.0556. The van der Waals surface area contributed by atoms with E-state index in [-0.39, 0.29) is 5.91 Å². The third-order valence-electron chi connectivity index (χ3n) is 3.22. The molecule has 1 saturated heterocycles. The Labute approximate surface area is 116 Å². The number of rotatable bonds is 4. The van der Waals surface area contributed by atoms with Crippen molar-refractivity contribution in [3.05, 3.63) is 28.5 Å². The molecule has 0 bridgehead atoms. The van der Waals surface area contributed by atoms with Crippen molar-refractivity contribution in [2.75, 3.05) is 19.6 Å². The Balaban J connectivity index is 2.04. The summed E-state index contributed by atoms with van der Waals surface area (Å²) in [6.45, 7) is 4.58. The number of amides is 1. The van der Waals surface area contributed by atoms with Gasteiger partial charge in [0.25, 0.3) is 5.91 Å². The zero-order valence-electron chi connectivity index (χ0n) is 10.5. The third-order valence-corrected chi connectivity index (χ3v) is 3.66. The number of halogens is 1. The molecule has 0 aliphatic carbocycles. The van der Waals surface area contributed by atoms with Gasteiger partial charge < -0.3 is 10.2 Å². The van der Waals surface area contributed by atoms with Gasteiger partial charge in [-0.25, -0.2) is 0 Å². The van der Waals surface area contributed by atoms with E-state index < -0.39 is 0 Å². The van der Waals surface area contributed by atoms with Gasteiger partial charge in [0, 0.05) is 36.0 Å². The molecule has 1 aromatic heterocycles. The zero-order chi connectivity index (χ0) is 13.0. The van der Waals surface area contributed by atoms with Crippen LogP contribution in [0.5, 0.6) is 0 Å². The highest BCUT2D eigenvalue weighted by Crippen LogP contribution is 2.13. The zero-order valence-corrected chi connectivity index (χ0v) is 12.1. The van der Waals surface area contributed by atoms with Crippen LogP contribution in [0.4, 0.5) is 0 Å². The average Bonchev–Trinajstić information content (AvgIpc) is 2.88. The Morgan fingerprint density at radius 2 is 2.44 bits per heavy atom. The molecule has 1 aliphatic heterocycles. The van der Waals surface area contributed by atoms with Crippen LogP contribution in [-0.2, 0) is 0 Å². The van der Waals surface area contributed by atoms with Gasteiger partial charge in [-0.3, -0.25) is 9.78 Å². The Bertz CT molecular complexity index is 418. The molecule has 0 radical (unpaired) electrons. The number of carbonyl (C=O) groups excluding carboxylic acids is 1. The molecule has 0 aromatic carbocycles. The van der Waals surface area contributed by atoms with Crippen molar-refractivity contribution < 1.29 is 4.79 Å². The van der Waals surface area contributed by atoms with Gasteiger partial charge in [-0.05, 0) is 48.3 Å². The Morgan fingerprint density at radius 3 is 3.06 bits per heavy atom. The predicted octanol–water partition coefficient (Wildman–Crippen LogP) is 2.06. The minimum Gasteiger partial charge on any atom is -0.337 e. The first-order chi connectivity index (χ1) is 8.70. The average molecular weight is 312 g/mol. The molecule has 1 unspecified atom stereocenters. The van der Waals surface area contributed by atoms with Crippen LogP contribution >= 0.6 is 15.9 Å². The summed E-state index contributed by atoms with van der Waals surface area (Å²) < 4.78 is 0.836. The molecule has 0 spiro atoms. The number of aromatic nitrogens is 1. The first kappa shape index (κ1) is 13.5. The quantitative estimate of drug-likeness (QED) is 0.925. The van der Waals surface area contributed by atoms with Gasteiger partial charge in [0.05, 0.1) is 5.56 Å². The first-order valence-corrected chi connectivity index (χ1v) is 7.13. The number of hydrogen-bond donors (Lipinski definition) is 1. The molecule has 5 heteroatoms. The minimum atomic E-state index is 0.0556. The van der Waals surface area contributed by atoms with Crippen molar-refractivity contribution in [1.82, 2.24) is 15.2 Å². The topological polar surface area (TPSA) is 45.2 Å². The number of hydrogen-bond acceptors (Lipinski definition) is 3. The Hall–Kier alpha value is -0.940. The van der Waals surface area contributed by atoms with Gasteiger partial charge in [0.2, 0.25) is 0 Å². The lowest BCUT2D eigenvalue weighted by molar-refractivity contribution is 0.0751. The second-order valence-electron chi connectivity index (χ2n) is 4.53. The molecule has 1 atom stereocenters. The fourth-order valence-corrected chi connectivity index (χ4v) is 2.61. The van der Waals surface area contributed by atoms with Crippen molar-refractivity contribution in [3.63, 3.8) is 0 Å². The smallest absolute Gasteiger partial charge is 0.255 e. The number of nitrogens with zero attached hydrogens (tertiary/aromatic N) is 2. The van der Waals surface area contributed by atoms with Crippen molar-refractivity contribution in [2.45, 2.75) is 25.8 Å². The van der Waals surface area contributed by atoms with E-state index in [1.54, 1.807) is 12.4 Å². The van der Waals surface area contributed by atoms with E-state index in [4.69, 9.17) is 0 Å². The van der Waals surface area contributed by atoms with E-state index in [9.17, 15) is 4.79 Å². The summed E-state index contributed by atoms with van der Waals surface area (Å²) >= 11 is 3.34. The number of likely N-dealkylation sites (N-methyl/N-ethyl adjacent to an activating group) is 1. The van der Waals surface area contributed by atoms with Gasteiger partial charge in [-0.15, -0.1) is 0 Å². The maximum absolute atomic E-state index is 12.4. The highest BCUT2D eigenvalue weighted by atomic mass is 79.9. The molecule has 4 nitrogen and oxygen atoms in total. The SMILES string of the molecule is CCN(CC1CCCN1)C(=O)c1cncc(Br)c1. The van der Waals surface area contributed by atoms with E-state index in [1.165, 1.54) is 6.42 Å². The van der Waals surface area contributed by atoms with Crippen LogP contribution in [0, 0.1) is 0 Å². The summed E-state index contributed by atoms with van der Waals surface area (Å²) in [7, 11) is 0. The first-order valence-electron chi connectivity index (χ1n) is 6.34. The molecule has 1 fully saturated rings. The fourth-order valence-electron chi connectivity index (χ4n) is 2.25. The van der Waals surface area contributed by atoms with E-state index in [0.29, 0.717) is 11.6 Å². The van der Waals surface area contributed by atoms with Gasteiger partial charge >= 0.3 is 0 Å². The van der Waals surface area contributed by atoms with Gasteiger partial charge in [0.1, 0.15) is 0 Å². The second-order valence-corrected chi connectivity index (χ2v) is 5.44. The fraction of sp³-hybridized carbons (Fsp3) is 0.538. The lowest BCUT2D eigenvalue weighted by Gasteiger charge is -2.24. The lowest BCUT2D eigenvalue weighted by Crippen LogP contribution is -2.41. The summed E-state index contributed by atoms with van der Waals surface area (Å²) in [6, 6.07) is 2.26. The van der Waals surface area contributed by atoms with E-state index in [1.807, 2.05) is 17.9 Å². The number of nitrogens with one attached hydrogen (secondary N) is 1. The van der Waals surface area contributed by atoms with Gasteiger partial charge in [-0.2, -0.15) is 0 Å². The third kappa shape index (κ3) is 3.29. The monoisotopic (exact) mass is 311 g/mol. The predicted molar refractivity (Wildman–Crippen MR) is 74.5 cm³/mol. The molecular formula is C13H18BrN3O. The maximum atomic E-state index is 12.4. The van der Waals surface area contributed by atoms with Crippen LogP contribution in [0.2, 0.25) is 0 Å².